The maximum Gasteiger partial charge on any atom is 0.273 e. The highest BCUT2D eigenvalue weighted by molar-refractivity contribution is 7.98. The molecule has 0 N–H and O–H groups in total. The topological polar surface area (TPSA) is 60.1 Å². The Labute approximate surface area is 116 Å². The Morgan fingerprint density at radius 1 is 1.37 bits per heavy atom. The van der Waals surface area contributed by atoms with Gasteiger partial charge < -0.3 is 0 Å². The monoisotopic (exact) mass is 299 g/mol. The van der Waals surface area contributed by atoms with Crippen LogP contribution in [-0.4, -0.2) is 32.6 Å². The number of aromatic nitrogens is 2. The highest BCUT2D eigenvalue weighted by Gasteiger charge is 2.16. The predicted molar refractivity (Wildman–Crippen MR) is 74.5 cm³/mol. The molecule has 1 aromatic carbocycles. The fourth-order valence-corrected chi connectivity index (χ4v) is 2.90. The zero-order chi connectivity index (χ0) is 13.9. The van der Waals surface area contributed by atoms with Gasteiger partial charge in [-0.15, -0.1) is 11.8 Å². The number of benzene rings is 1. The largest absolute Gasteiger partial charge is 0.273 e. The average molecular weight is 299 g/mol. The van der Waals surface area contributed by atoms with Gasteiger partial charge in [0, 0.05) is 10.5 Å². The third kappa shape index (κ3) is 3.43. The average Bonchev–Trinajstić information content (AvgIpc) is 2.44. The minimum Gasteiger partial charge on any atom is -0.273 e. The van der Waals surface area contributed by atoms with Crippen LogP contribution in [0.4, 0.5) is 0 Å². The normalized spacial score (nSPS) is 11.9. The first-order chi connectivity index (χ1) is 9.05. The van der Waals surface area contributed by atoms with E-state index in [1.165, 1.54) is 7.11 Å². The Morgan fingerprint density at radius 3 is 2.79 bits per heavy atom. The molecule has 0 amide bonds. The van der Waals surface area contributed by atoms with Crippen LogP contribution in [0.5, 0.6) is 0 Å². The van der Waals surface area contributed by atoms with Crippen molar-refractivity contribution in [3.63, 3.8) is 0 Å². The molecule has 0 fully saturated rings. The molecule has 1 heterocycles. The molecule has 0 unspecified atom stereocenters. The van der Waals surface area contributed by atoms with E-state index >= 15 is 0 Å². The molecule has 0 spiro atoms. The number of nitrogens with zero attached hydrogens (tertiary/aromatic N) is 2. The quantitative estimate of drug-likeness (QED) is 0.472. The molecule has 0 saturated heterocycles. The van der Waals surface area contributed by atoms with Crippen LogP contribution in [0.25, 0.3) is 10.9 Å². The van der Waals surface area contributed by atoms with Crippen LogP contribution in [0.1, 0.15) is 0 Å². The molecule has 1 aromatic heterocycles. The van der Waals surface area contributed by atoms with E-state index in [4.69, 9.17) is 0 Å². The Kier molecular flexibility index (Phi) is 4.38. The van der Waals surface area contributed by atoms with Gasteiger partial charge in [-0.25, -0.2) is 0 Å². The summed E-state index contributed by atoms with van der Waals surface area (Å²) < 4.78 is 28.7. The molecular formula is C12H15N2O3S2+. The fraction of sp³-hybridized carbons (Fsp3) is 0.333. The number of thioether (sulfide) groups is 1. The van der Waals surface area contributed by atoms with E-state index in [2.05, 4.69) is 9.28 Å². The molecule has 7 heteroatoms. The standard InChI is InChI=1S/C12H15N2O3S2/c1-17-19(15,16)8-7-14-9-12(18-2)10-5-3-4-6-11(10)13-14/h3-6,9H,7-8H2,1-2H3/q+1. The summed E-state index contributed by atoms with van der Waals surface area (Å²) in [4.78, 5) is 1.07. The van der Waals surface area contributed by atoms with Gasteiger partial charge in [0.15, 0.2) is 6.54 Å². The molecule has 2 aromatic rings. The third-order valence-electron chi connectivity index (χ3n) is 2.72. The lowest BCUT2D eigenvalue weighted by atomic mass is 10.2. The molecule has 0 atom stereocenters. The zero-order valence-electron chi connectivity index (χ0n) is 10.7. The minimum atomic E-state index is -3.46. The van der Waals surface area contributed by atoms with Crippen molar-refractivity contribution >= 4 is 32.8 Å². The molecule has 2 rings (SSSR count). The first-order valence-corrected chi connectivity index (χ1v) is 8.48. The van der Waals surface area contributed by atoms with Crippen LogP contribution in [0.15, 0.2) is 35.4 Å². The lowest BCUT2D eigenvalue weighted by Gasteiger charge is -2.02. The summed E-state index contributed by atoms with van der Waals surface area (Å²) >= 11 is 1.61. The summed E-state index contributed by atoms with van der Waals surface area (Å²) in [7, 11) is -2.29. The summed E-state index contributed by atoms with van der Waals surface area (Å²) in [6.45, 7) is 0.272. The van der Waals surface area contributed by atoms with E-state index in [1.54, 1.807) is 16.4 Å². The minimum absolute atomic E-state index is 0.0900. The second-order valence-electron chi connectivity index (χ2n) is 3.91. The van der Waals surface area contributed by atoms with E-state index in [0.717, 1.165) is 15.8 Å². The van der Waals surface area contributed by atoms with Gasteiger partial charge in [-0.1, -0.05) is 22.9 Å². The number of hydrogen-bond acceptors (Lipinski definition) is 5. The van der Waals surface area contributed by atoms with Gasteiger partial charge in [0.05, 0.1) is 12.0 Å². The van der Waals surface area contributed by atoms with Gasteiger partial charge in [-0.05, 0) is 12.3 Å². The molecule has 0 bridgehead atoms. The van der Waals surface area contributed by atoms with Crippen LogP contribution < -0.4 is 4.68 Å². The highest BCUT2D eigenvalue weighted by atomic mass is 32.2. The predicted octanol–water partition coefficient (Wildman–Crippen LogP) is 1.22. The van der Waals surface area contributed by atoms with E-state index < -0.39 is 10.1 Å². The van der Waals surface area contributed by atoms with Gasteiger partial charge in [0.1, 0.15) is 11.3 Å². The number of rotatable bonds is 5. The van der Waals surface area contributed by atoms with Crippen LogP contribution in [0.3, 0.4) is 0 Å². The molecule has 0 aliphatic carbocycles. The maximum atomic E-state index is 11.3. The van der Waals surface area contributed by atoms with Gasteiger partial charge in [0.25, 0.3) is 10.1 Å². The van der Waals surface area contributed by atoms with Crippen molar-refractivity contribution in [2.24, 2.45) is 0 Å². The number of fused-ring (bicyclic) bond motifs is 1. The Balaban J connectivity index is 2.34. The van der Waals surface area contributed by atoms with E-state index in [9.17, 15) is 8.42 Å². The summed E-state index contributed by atoms with van der Waals surface area (Å²) in [6, 6.07) is 7.79. The van der Waals surface area contributed by atoms with Crippen molar-refractivity contribution in [2.45, 2.75) is 11.4 Å². The summed E-state index contributed by atoms with van der Waals surface area (Å²) in [5.74, 6) is -0.0900. The molecular weight excluding hydrogens is 284 g/mol. The molecule has 0 aliphatic heterocycles. The molecule has 0 aliphatic rings. The van der Waals surface area contributed by atoms with Crippen LogP contribution in [-0.2, 0) is 20.8 Å². The first kappa shape index (κ1) is 14.2. The van der Waals surface area contributed by atoms with Gasteiger partial charge in [-0.2, -0.15) is 8.42 Å². The number of aryl methyl sites for hydroxylation is 1. The Morgan fingerprint density at radius 2 is 2.11 bits per heavy atom. The molecule has 19 heavy (non-hydrogen) atoms. The second kappa shape index (κ2) is 5.85. The smallest absolute Gasteiger partial charge is 0.273 e. The molecule has 0 radical (unpaired) electrons. The van der Waals surface area contributed by atoms with Gasteiger partial charge in [0.2, 0.25) is 6.20 Å². The van der Waals surface area contributed by atoms with Crippen molar-refractivity contribution in [1.29, 1.82) is 0 Å². The highest BCUT2D eigenvalue weighted by Crippen LogP contribution is 2.22. The van der Waals surface area contributed by atoms with Crippen molar-refractivity contribution in [3.05, 3.63) is 30.5 Å². The van der Waals surface area contributed by atoms with Crippen molar-refractivity contribution < 1.29 is 17.3 Å². The van der Waals surface area contributed by atoms with E-state index in [1.807, 2.05) is 36.7 Å². The van der Waals surface area contributed by atoms with Crippen molar-refractivity contribution in [2.75, 3.05) is 19.1 Å². The van der Waals surface area contributed by atoms with E-state index in [0.29, 0.717) is 0 Å². The van der Waals surface area contributed by atoms with Gasteiger partial charge >= 0.3 is 0 Å². The van der Waals surface area contributed by atoms with Crippen LogP contribution >= 0.6 is 11.8 Å². The first-order valence-electron chi connectivity index (χ1n) is 5.67. The van der Waals surface area contributed by atoms with Crippen LogP contribution in [0.2, 0.25) is 0 Å². The van der Waals surface area contributed by atoms with E-state index in [-0.39, 0.29) is 12.3 Å². The Hall–Kier alpha value is -1.18. The second-order valence-corrected chi connectivity index (χ2v) is 6.61. The summed E-state index contributed by atoms with van der Waals surface area (Å²) in [6.07, 6.45) is 3.84. The fourth-order valence-electron chi connectivity index (χ4n) is 1.71. The lowest BCUT2D eigenvalue weighted by Crippen LogP contribution is -2.41. The zero-order valence-corrected chi connectivity index (χ0v) is 12.4. The maximum absolute atomic E-state index is 11.3. The van der Waals surface area contributed by atoms with Crippen LogP contribution in [0, 0.1) is 0 Å². The molecule has 5 nitrogen and oxygen atoms in total. The SMILES string of the molecule is COS(=O)(=O)CC[n+]1cc(SC)c2ccccc2n1. The van der Waals surface area contributed by atoms with Crippen molar-refractivity contribution in [3.8, 4) is 0 Å². The third-order valence-corrected chi connectivity index (χ3v) is 4.67. The summed E-state index contributed by atoms with van der Waals surface area (Å²) in [5, 5.41) is 5.47. The molecule has 102 valence electrons. The lowest BCUT2D eigenvalue weighted by molar-refractivity contribution is -0.749. The number of hydrogen-bond donors (Lipinski definition) is 0. The van der Waals surface area contributed by atoms with Crippen molar-refractivity contribution in [1.82, 2.24) is 5.10 Å². The van der Waals surface area contributed by atoms with Gasteiger partial charge in [-0.3, -0.25) is 4.18 Å². The molecule has 0 saturated carbocycles. The Bertz CT molecular complexity index is 686. The summed E-state index contributed by atoms with van der Waals surface area (Å²) in [5.41, 5.74) is 0.851.